The van der Waals surface area contributed by atoms with Crippen LogP contribution in [0.2, 0.25) is 0 Å². The Hall–Kier alpha value is -2.22. The Labute approximate surface area is 166 Å². The second-order valence-electron chi connectivity index (χ2n) is 7.05. The van der Waals surface area contributed by atoms with Crippen LogP contribution in [0.4, 0.5) is 0 Å². The predicted octanol–water partition coefficient (Wildman–Crippen LogP) is 2.86. The summed E-state index contributed by atoms with van der Waals surface area (Å²) in [5.74, 6) is -0.563. The lowest BCUT2D eigenvalue weighted by atomic mass is 10.1. The molecule has 2 aromatic rings. The Morgan fingerprint density at radius 2 is 1.79 bits per heavy atom. The largest absolute Gasteiger partial charge is 0.465 e. The van der Waals surface area contributed by atoms with Crippen molar-refractivity contribution < 1.29 is 17.9 Å². The van der Waals surface area contributed by atoms with Crippen LogP contribution in [0.3, 0.4) is 0 Å². The van der Waals surface area contributed by atoms with E-state index in [0.717, 1.165) is 30.8 Å². The van der Waals surface area contributed by atoms with Crippen LogP contribution in [0.5, 0.6) is 0 Å². The maximum Gasteiger partial charge on any atom is 0.337 e. The number of methoxy groups -OCH3 is 1. The van der Waals surface area contributed by atoms with E-state index in [0.29, 0.717) is 5.56 Å². The Kier molecular flexibility index (Phi) is 6.49. The molecule has 1 heterocycles. The summed E-state index contributed by atoms with van der Waals surface area (Å²) >= 11 is 0. The summed E-state index contributed by atoms with van der Waals surface area (Å²) in [5, 5.41) is 0. The highest BCUT2D eigenvalue weighted by Crippen LogP contribution is 2.20. The number of aryl methyl sites for hydroxylation is 1. The van der Waals surface area contributed by atoms with Gasteiger partial charge in [0.2, 0.25) is 10.0 Å². The number of carbonyl (C=O) groups is 1. The average Bonchev–Trinajstić information content (AvgIpc) is 3.20. The lowest BCUT2D eigenvalue weighted by molar-refractivity contribution is 0.0600. The summed E-state index contributed by atoms with van der Waals surface area (Å²) < 4.78 is 33.1. The summed E-state index contributed by atoms with van der Waals surface area (Å²) in [7, 11) is -2.50. The molecule has 0 bridgehead atoms. The first-order chi connectivity index (χ1) is 13.4. The molecule has 1 saturated heterocycles. The van der Waals surface area contributed by atoms with Gasteiger partial charge >= 0.3 is 5.97 Å². The minimum atomic E-state index is -3.77. The summed E-state index contributed by atoms with van der Waals surface area (Å²) in [6.07, 6.45) is 2.43. The number of rotatable bonds is 7. The number of benzene rings is 2. The number of sulfonamides is 1. The van der Waals surface area contributed by atoms with E-state index < -0.39 is 16.0 Å². The number of ether oxygens (including phenoxy) is 1. The molecule has 0 aromatic heterocycles. The molecule has 6 nitrogen and oxygen atoms in total. The van der Waals surface area contributed by atoms with E-state index in [1.165, 1.54) is 26.0 Å². The van der Waals surface area contributed by atoms with E-state index in [4.69, 9.17) is 4.74 Å². The van der Waals surface area contributed by atoms with Crippen molar-refractivity contribution >= 4 is 16.0 Å². The molecule has 0 spiro atoms. The molecule has 1 fully saturated rings. The van der Waals surface area contributed by atoms with Crippen molar-refractivity contribution in [3.63, 3.8) is 0 Å². The fourth-order valence-electron chi connectivity index (χ4n) is 3.45. The first-order valence-electron chi connectivity index (χ1n) is 9.38. The second-order valence-corrected chi connectivity index (χ2v) is 8.78. The van der Waals surface area contributed by atoms with Gasteiger partial charge in [-0.25, -0.2) is 17.9 Å². The maximum absolute atomic E-state index is 12.9. The number of hydrogen-bond acceptors (Lipinski definition) is 5. The van der Waals surface area contributed by atoms with Crippen LogP contribution in [-0.2, 0) is 27.8 Å². The summed E-state index contributed by atoms with van der Waals surface area (Å²) in [6.45, 7) is 4.90. The number of hydrogen-bond donors (Lipinski definition) is 1. The van der Waals surface area contributed by atoms with Crippen LogP contribution in [0.25, 0.3) is 0 Å². The molecular formula is C21H26N2O4S. The van der Waals surface area contributed by atoms with E-state index >= 15 is 0 Å². The molecule has 150 valence electrons. The molecule has 0 radical (unpaired) electrons. The molecule has 2 aromatic carbocycles. The quantitative estimate of drug-likeness (QED) is 0.721. The van der Waals surface area contributed by atoms with Gasteiger partial charge in [0.25, 0.3) is 0 Å². The van der Waals surface area contributed by atoms with Crippen molar-refractivity contribution in [1.82, 2.24) is 9.62 Å². The second kappa shape index (κ2) is 8.86. The molecule has 1 N–H and O–H groups in total. The Bertz CT molecular complexity index is 951. The van der Waals surface area contributed by atoms with Crippen LogP contribution in [0, 0.1) is 6.92 Å². The van der Waals surface area contributed by atoms with Crippen LogP contribution in [-0.4, -0.2) is 39.5 Å². The van der Waals surface area contributed by atoms with Crippen molar-refractivity contribution in [1.29, 1.82) is 0 Å². The van der Waals surface area contributed by atoms with Gasteiger partial charge in [0.1, 0.15) is 0 Å². The van der Waals surface area contributed by atoms with Crippen LogP contribution < -0.4 is 4.72 Å². The Balaban J connectivity index is 1.78. The first-order valence-corrected chi connectivity index (χ1v) is 10.9. The predicted molar refractivity (Wildman–Crippen MR) is 107 cm³/mol. The van der Waals surface area contributed by atoms with E-state index in [2.05, 4.69) is 9.62 Å². The Morgan fingerprint density at radius 3 is 2.46 bits per heavy atom. The summed E-state index contributed by atoms with van der Waals surface area (Å²) in [4.78, 5) is 14.2. The summed E-state index contributed by atoms with van der Waals surface area (Å²) in [6, 6.07) is 12.4. The van der Waals surface area contributed by atoms with Gasteiger partial charge in [-0.05, 0) is 61.7 Å². The fourth-order valence-corrected chi connectivity index (χ4v) is 4.73. The third-order valence-electron chi connectivity index (χ3n) is 5.06. The molecule has 3 rings (SSSR count). The van der Waals surface area contributed by atoms with Gasteiger partial charge in [0, 0.05) is 13.1 Å². The maximum atomic E-state index is 12.9. The zero-order valence-electron chi connectivity index (χ0n) is 16.3. The zero-order valence-corrected chi connectivity index (χ0v) is 17.1. The topological polar surface area (TPSA) is 75.7 Å². The van der Waals surface area contributed by atoms with Gasteiger partial charge in [-0.3, -0.25) is 4.90 Å². The highest BCUT2D eigenvalue weighted by atomic mass is 32.2. The van der Waals surface area contributed by atoms with E-state index in [1.807, 2.05) is 24.3 Å². The smallest absolute Gasteiger partial charge is 0.337 e. The average molecular weight is 403 g/mol. The SMILES string of the molecule is COC(=O)c1ccc(C)c(S(=O)(=O)NCc2ccccc2CN2CCCC2)c1. The van der Waals surface area contributed by atoms with Gasteiger partial charge in [-0.2, -0.15) is 0 Å². The van der Waals surface area contributed by atoms with Crippen molar-refractivity contribution in [3.8, 4) is 0 Å². The van der Waals surface area contributed by atoms with E-state index in [1.54, 1.807) is 19.1 Å². The summed E-state index contributed by atoms with van der Waals surface area (Å²) in [5.41, 5.74) is 2.88. The standard InChI is InChI=1S/C21H26N2O4S/c1-16-9-10-17(21(24)27-2)13-20(16)28(25,26)22-14-18-7-3-4-8-19(18)15-23-11-5-6-12-23/h3-4,7-10,13,22H,5-6,11-12,14-15H2,1-2H3. The highest BCUT2D eigenvalue weighted by Gasteiger charge is 2.20. The molecule has 7 heteroatoms. The molecule has 1 aliphatic rings. The first kappa shape index (κ1) is 20.5. The minimum absolute atomic E-state index is 0.0902. The molecule has 0 saturated carbocycles. The minimum Gasteiger partial charge on any atom is -0.465 e. The zero-order chi connectivity index (χ0) is 20.1. The van der Waals surface area contributed by atoms with Crippen molar-refractivity contribution in [2.75, 3.05) is 20.2 Å². The highest BCUT2D eigenvalue weighted by molar-refractivity contribution is 7.89. The number of likely N-dealkylation sites (tertiary alicyclic amines) is 1. The van der Waals surface area contributed by atoms with Gasteiger partial charge in [-0.1, -0.05) is 30.3 Å². The van der Waals surface area contributed by atoms with Crippen molar-refractivity contribution in [3.05, 3.63) is 64.7 Å². The molecule has 0 unspecified atom stereocenters. The van der Waals surface area contributed by atoms with Gasteiger partial charge in [-0.15, -0.1) is 0 Å². The third kappa shape index (κ3) is 4.79. The molecule has 28 heavy (non-hydrogen) atoms. The molecule has 0 amide bonds. The lowest BCUT2D eigenvalue weighted by Crippen LogP contribution is -2.26. The third-order valence-corrected chi connectivity index (χ3v) is 6.61. The molecule has 1 aliphatic heterocycles. The molecule has 0 aliphatic carbocycles. The lowest BCUT2D eigenvalue weighted by Gasteiger charge is -2.18. The fraction of sp³-hybridized carbons (Fsp3) is 0.381. The Morgan fingerprint density at radius 1 is 1.11 bits per heavy atom. The van der Waals surface area contributed by atoms with E-state index in [-0.39, 0.29) is 17.0 Å². The monoisotopic (exact) mass is 402 g/mol. The molecule has 0 atom stereocenters. The number of nitrogens with one attached hydrogen (secondary N) is 1. The van der Waals surface area contributed by atoms with Crippen molar-refractivity contribution in [2.24, 2.45) is 0 Å². The number of esters is 1. The van der Waals surface area contributed by atoms with Crippen LogP contribution >= 0.6 is 0 Å². The number of carbonyl (C=O) groups excluding carboxylic acids is 1. The van der Waals surface area contributed by atoms with Gasteiger partial charge in [0.05, 0.1) is 17.6 Å². The van der Waals surface area contributed by atoms with Crippen molar-refractivity contribution in [2.45, 2.75) is 37.8 Å². The normalized spacial score (nSPS) is 14.9. The van der Waals surface area contributed by atoms with E-state index in [9.17, 15) is 13.2 Å². The molecular weight excluding hydrogens is 376 g/mol. The number of nitrogens with zero attached hydrogens (tertiary/aromatic N) is 1. The van der Waals surface area contributed by atoms with Gasteiger partial charge < -0.3 is 4.74 Å². The van der Waals surface area contributed by atoms with Crippen LogP contribution in [0.1, 0.15) is 39.9 Å². The van der Waals surface area contributed by atoms with Gasteiger partial charge in [0.15, 0.2) is 0 Å². The van der Waals surface area contributed by atoms with Crippen LogP contribution in [0.15, 0.2) is 47.4 Å².